The van der Waals surface area contributed by atoms with Gasteiger partial charge in [0.2, 0.25) is 0 Å². The van der Waals surface area contributed by atoms with Gasteiger partial charge in [0.05, 0.1) is 24.7 Å². The van der Waals surface area contributed by atoms with Crippen molar-refractivity contribution in [2.45, 2.75) is 107 Å². The molecular formula is C28H38F2O6S. The van der Waals surface area contributed by atoms with E-state index in [1.54, 1.807) is 18.7 Å². The molecular weight excluding hydrogens is 502 g/mol. The third-order valence-corrected chi connectivity index (χ3v) is 12.6. The van der Waals surface area contributed by atoms with Gasteiger partial charge in [0.25, 0.3) is 0 Å². The number of carbonyl (C=O) groups is 2. The largest absolute Gasteiger partial charge is 0.465 e. The van der Waals surface area contributed by atoms with E-state index >= 15 is 8.78 Å². The molecule has 206 valence electrons. The van der Waals surface area contributed by atoms with Crippen LogP contribution in [-0.2, 0) is 23.8 Å². The molecule has 0 aromatic rings. The van der Waals surface area contributed by atoms with E-state index < -0.39 is 45.9 Å². The van der Waals surface area contributed by atoms with Crippen LogP contribution in [0.15, 0.2) is 11.6 Å². The molecule has 0 bridgehead atoms. The average molecular weight is 541 g/mol. The second-order valence-corrected chi connectivity index (χ2v) is 13.8. The molecule has 0 unspecified atom stereocenters. The zero-order valence-electron chi connectivity index (χ0n) is 21.8. The normalized spacial score (nSPS) is 52.7. The van der Waals surface area contributed by atoms with Gasteiger partial charge in [-0.2, -0.15) is 0 Å². The Bertz CT molecular complexity index is 1020. The minimum atomic E-state index is -2.05. The molecule has 5 fully saturated rings. The highest BCUT2D eigenvalue weighted by molar-refractivity contribution is 8.00. The van der Waals surface area contributed by atoms with Crippen LogP contribution >= 0.6 is 11.8 Å². The maximum Gasteiger partial charge on any atom is 0.309 e. The van der Waals surface area contributed by atoms with Crippen LogP contribution in [0.5, 0.6) is 0 Å². The first-order chi connectivity index (χ1) is 17.5. The van der Waals surface area contributed by atoms with Crippen molar-refractivity contribution in [1.29, 1.82) is 0 Å². The van der Waals surface area contributed by atoms with Gasteiger partial charge in [-0.25, -0.2) is 8.78 Å². The minimum absolute atomic E-state index is 0.0661. The molecule has 0 aromatic carbocycles. The summed E-state index contributed by atoms with van der Waals surface area (Å²) in [6.45, 7) is 6.22. The number of rotatable bonds is 5. The van der Waals surface area contributed by atoms with E-state index in [4.69, 9.17) is 14.2 Å². The summed E-state index contributed by atoms with van der Waals surface area (Å²) in [6, 6.07) is 0. The van der Waals surface area contributed by atoms with E-state index in [9.17, 15) is 14.7 Å². The summed E-state index contributed by atoms with van der Waals surface area (Å²) in [7, 11) is 0. The average Bonchev–Trinajstić information content (AvgIpc) is 3.48. The molecule has 1 N–H and O–H groups in total. The first-order valence-corrected chi connectivity index (χ1v) is 14.9. The molecule has 9 heteroatoms. The number of ketones is 1. The molecule has 0 spiro atoms. The van der Waals surface area contributed by atoms with Crippen molar-refractivity contribution < 1.29 is 37.7 Å². The number of aliphatic hydroxyl groups is 1. The van der Waals surface area contributed by atoms with Crippen molar-refractivity contribution in [3.05, 3.63) is 11.6 Å². The Morgan fingerprint density at radius 2 is 2.00 bits per heavy atom. The van der Waals surface area contributed by atoms with Crippen LogP contribution in [0.2, 0.25) is 0 Å². The summed E-state index contributed by atoms with van der Waals surface area (Å²) in [4.78, 5) is 23.5. The first kappa shape index (κ1) is 26.2. The molecule has 6 aliphatic rings. The van der Waals surface area contributed by atoms with Crippen molar-refractivity contribution >= 4 is 23.5 Å². The highest BCUT2D eigenvalue weighted by atomic mass is 32.2. The molecule has 2 saturated heterocycles. The fraction of sp³-hybridized carbons (Fsp3) is 0.857. The Kier molecular flexibility index (Phi) is 6.19. The molecule has 3 saturated carbocycles. The van der Waals surface area contributed by atoms with Gasteiger partial charge in [-0.15, -0.1) is 11.8 Å². The van der Waals surface area contributed by atoms with E-state index in [0.717, 1.165) is 12.8 Å². The first-order valence-electron chi connectivity index (χ1n) is 13.9. The fourth-order valence-electron chi connectivity index (χ4n) is 8.83. The van der Waals surface area contributed by atoms with Crippen LogP contribution in [-0.4, -0.2) is 64.5 Å². The molecule has 37 heavy (non-hydrogen) atoms. The number of alkyl halides is 2. The number of carbonyl (C=O) groups excluding carboxylic acids is 2. The van der Waals surface area contributed by atoms with Gasteiger partial charge in [0.1, 0.15) is 16.8 Å². The molecule has 6 nitrogen and oxygen atoms in total. The van der Waals surface area contributed by atoms with Gasteiger partial charge in [0.15, 0.2) is 12.1 Å². The molecule has 0 amide bonds. The number of fused-ring (bicyclic) bond motifs is 7. The SMILES string of the molecule is CCC[C@@H]1O[C@@H]2C[C@H]3[C@@H]4C[C@H](F)C5=CC(=O)CC[C@]5(C)[C@@]4(F)[C@@H](O)C[C@]3(C)[C@]2(SC[C@H]2CCOC2=O)O1. The highest BCUT2D eigenvalue weighted by Gasteiger charge is 2.78. The van der Waals surface area contributed by atoms with Crippen molar-refractivity contribution in [3.8, 4) is 0 Å². The predicted octanol–water partition coefficient (Wildman–Crippen LogP) is 4.67. The molecule has 2 aliphatic heterocycles. The lowest BCUT2D eigenvalue weighted by atomic mass is 9.44. The Morgan fingerprint density at radius 1 is 1.22 bits per heavy atom. The Hall–Kier alpha value is -1.03. The molecule has 11 atom stereocenters. The summed E-state index contributed by atoms with van der Waals surface area (Å²) < 4.78 is 51.6. The molecule has 0 radical (unpaired) electrons. The number of ether oxygens (including phenoxy) is 3. The fourth-order valence-corrected chi connectivity index (χ4v) is 10.7. The lowest BCUT2D eigenvalue weighted by Gasteiger charge is -2.64. The van der Waals surface area contributed by atoms with Crippen LogP contribution in [0.3, 0.4) is 0 Å². The van der Waals surface area contributed by atoms with Gasteiger partial charge in [-0.1, -0.05) is 27.2 Å². The summed E-state index contributed by atoms with van der Waals surface area (Å²) in [5, 5.41) is 11.7. The van der Waals surface area contributed by atoms with Crippen molar-refractivity contribution in [2.75, 3.05) is 12.4 Å². The van der Waals surface area contributed by atoms with E-state index in [0.29, 0.717) is 25.2 Å². The number of halogens is 2. The zero-order valence-corrected chi connectivity index (χ0v) is 22.7. The van der Waals surface area contributed by atoms with Crippen LogP contribution in [0, 0.1) is 28.6 Å². The number of thioether (sulfide) groups is 1. The Morgan fingerprint density at radius 3 is 2.70 bits per heavy atom. The second-order valence-electron chi connectivity index (χ2n) is 12.5. The minimum Gasteiger partial charge on any atom is -0.465 e. The summed E-state index contributed by atoms with van der Waals surface area (Å²) in [5.74, 6) is -1.12. The van der Waals surface area contributed by atoms with Gasteiger partial charge in [0, 0.05) is 28.9 Å². The van der Waals surface area contributed by atoms with E-state index in [1.165, 1.54) is 6.08 Å². The van der Waals surface area contributed by atoms with Crippen molar-refractivity contribution in [2.24, 2.45) is 28.6 Å². The summed E-state index contributed by atoms with van der Waals surface area (Å²) in [6.07, 6.45) is 1.00. The van der Waals surface area contributed by atoms with Crippen LogP contribution in [0.1, 0.15) is 72.1 Å². The lowest BCUT2D eigenvalue weighted by Crippen LogP contribution is -2.70. The number of hydrogen-bond acceptors (Lipinski definition) is 7. The standard InChI is InChI=1S/C28H38F2O6S/c1-4-5-23-35-22-12-17-18-11-20(29)19-10-16(31)6-8-25(19,2)27(18,30)21(32)13-26(17,3)28(22,36-23)37-14-15-7-9-34-24(15)33/h10,15,17-18,20-23,32H,4-9,11-14H2,1-3H3/t15-,17+,18+,20+,21+,22-,23-,25+,26+,27+,28+/m1/s1. The van der Waals surface area contributed by atoms with Gasteiger partial charge < -0.3 is 19.3 Å². The maximum atomic E-state index is 17.5. The smallest absolute Gasteiger partial charge is 0.309 e. The highest BCUT2D eigenvalue weighted by Crippen LogP contribution is 2.74. The number of esters is 1. The van der Waals surface area contributed by atoms with E-state index in [1.807, 2.05) is 6.92 Å². The third-order valence-electron chi connectivity index (χ3n) is 10.8. The van der Waals surface area contributed by atoms with Gasteiger partial charge in [-0.3, -0.25) is 9.59 Å². The molecule has 6 rings (SSSR count). The number of cyclic esters (lactones) is 1. The topological polar surface area (TPSA) is 82.1 Å². The van der Waals surface area contributed by atoms with Crippen LogP contribution in [0.25, 0.3) is 0 Å². The number of allylic oxidation sites excluding steroid dienone is 1. The quantitative estimate of drug-likeness (QED) is 0.508. The van der Waals surface area contributed by atoms with E-state index in [-0.39, 0.29) is 60.9 Å². The monoisotopic (exact) mass is 540 g/mol. The molecule has 2 heterocycles. The van der Waals surface area contributed by atoms with Crippen LogP contribution < -0.4 is 0 Å². The van der Waals surface area contributed by atoms with Gasteiger partial charge in [-0.05, 0) is 56.1 Å². The van der Waals surface area contributed by atoms with Crippen molar-refractivity contribution in [3.63, 3.8) is 0 Å². The Balaban J connectivity index is 1.38. The van der Waals surface area contributed by atoms with Gasteiger partial charge >= 0.3 is 5.97 Å². The number of hydrogen-bond donors (Lipinski definition) is 1. The second kappa shape index (κ2) is 8.73. The summed E-state index contributed by atoms with van der Waals surface area (Å²) >= 11 is 1.55. The van der Waals surface area contributed by atoms with E-state index in [2.05, 4.69) is 6.92 Å². The van der Waals surface area contributed by atoms with Crippen LogP contribution in [0.4, 0.5) is 8.78 Å². The number of aliphatic hydroxyl groups excluding tert-OH is 1. The maximum absolute atomic E-state index is 17.5. The predicted molar refractivity (Wildman–Crippen MR) is 133 cm³/mol. The molecule has 4 aliphatic carbocycles. The molecule has 0 aromatic heterocycles. The summed E-state index contributed by atoms with van der Waals surface area (Å²) in [5.41, 5.74) is -3.76. The Labute approximate surface area is 221 Å². The third kappa shape index (κ3) is 3.39. The van der Waals surface area contributed by atoms with Crippen molar-refractivity contribution in [1.82, 2.24) is 0 Å². The zero-order chi connectivity index (χ0) is 26.4. The lowest BCUT2D eigenvalue weighted by molar-refractivity contribution is -0.232.